The molecule has 8 nitrogen and oxygen atoms in total. The van der Waals surface area contributed by atoms with Gasteiger partial charge in [-0.05, 0) is 30.3 Å². The second-order valence-corrected chi connectivity index (χ2v) is 6.69. The first-order valence-electron chi connectivity index (χ1n) is 7.10. The van der Waals surface area contributed by atoms with Gasteiger partial charge in [-0.25, -0.2) is 13.1 Å². The van der Waals surface area contributed by atoms with Crippen LogP contribution in [-0.2, 0) is 10.0 Å². The van der Waals surface area contributed by atoms with Crippen LogP contribution in [-0.4, -0.2) is 25.8 Å². The number of nitro benzene ring substituents is 1. The molecule has 1 amide bonds. The normalized spacial score (nSPS) is 10.9. The summed E-state index contributed by atoms with van der Waals surface area (Å²) in [5, 5.41) is 13.3. The predicted molar refractivity (Wildman–Crippen MR) is 92.9 cm³/mol. The summed E-state index contributed by atoms with van der Waals surface area (Å²) in [4.78, 5) is 22.3. The number of carbonyl (C=O) groups excluding carboxylic acids is 1. The molecule has 0 aliphatic heterocycles. The molecule has 0 saturated heterocycles. The average molecular weight is 361 g/mol. The lowest BCUT2D eigenvalue weighted by Crippen LogP contribution is -2.23. The summed E-state index contributed by atoms with van der Waals surface area (Å²) >= 11 is 0. The van der Waals surface area contributed by atoms with Gasteiger partial charge in [0.25, 0.3) is 11.6 Å². The molecule has 130 valence electrons. The van der Waals surface area contributed by atoms with E-state index >= 15 is 0 Å². The lowest BCUT2D eigenvalue weighted by Gasteiger charge is -2.08. The summed E-state index contributed by atoms with van der Waals surface area (Å²) in [5.74, 6) is -0.538. The Hall–Kier alpha value is -3.04. The molecule has 2 N–H and O–H groups in total. The Bertz CT molecular complexity index is 908. The van der Waals surface area contributed by atoms with Gasteiger partial charge in [0.1, 0.15) is 0 Å². The number of anilines is 1. The minimum atomic E-state index is -3.64. The molecule has 0 radical (unpaired) electrons. The highest BCUT2D eigenvalue weighted by Crippen LogP contribution is 2.17. The first-order chi connectivity index (χ1) is 11.8. The number of hydrogen-bond acceptors (Lipinski definition) is 5. The molecule has 0 bridgehead atoms. The highest BCUT2D eigenvalue weighted by molar-refractivity contribution is 7.89. The molecule has 2 aromatic rings. The van der Waals surface area contributed by atoms with Crippen molar-refractivity contribution in [2.75, 3.05) is 11.9 Å². The summed E-state index contributed by atoms with van der Waals surface area (Å²) in [6.45, 7) is 3.54. The molecular weight excluding hydrogens is 346 g/mol. The molecular formula is C16H15N3O5S. The largest absolute Gasteiger partial charge is 0.322 e. The molecule has 0 aliphatic rings. The zero-order chi connectivity index (χ0) is 18.4. The van der Waals surface area contributed by atoms with E-state index in [1.54, 1.807) is 0 Å². The van der Waals surface area contributed by atoms with Crippen molar-refractivity contribution in [3.63, 3.8) is 0 Å². The van der Waals surface area contributed by atoms with Crippen LogP contribution in [0.3, 0.4) is 0 Å². The number of hydrogen-bond donors (Lipinski definition) is 2. The molecule has 0 saturated carbocycles. The second kappa shape index (κ2) is 7.69. The van der Waals surface area contributed by atoms with Crippen LogP contribution in [0.25, 0.3) is 0 Å². The molecule has 0 fully saturated rings. The van der Waals surface area contributed by atoms with Gasteiger partial charge in [0.15, 0.2) is 0 Å². The van der Waals surface area contributed by atoms with Crippen LogP contribution >= 0.6 is 0 Å². The van der Waals surface area contributed by atoms with E-state index in [9.17, 15) is 23.3 Å². The third kappa shape index (κ3) is 4.72. The molecule has 0 unspecified atom stereocenters. The highest BCUT2D eigenvalue weighted by atomic mass is 32.2. The van der Waals surface area contributed by atoms with Crippen LogP contribution in [0.5, 0.6) is 0 Å². The van der Waals surface area contributed by atoms with Gasteiger partial charge in [0.05, 0.1) is 9.82 Å². The van der Waals surface area contributed by atoms with Crippen LogP contribution in [0.2, 0.25) is 0 Å². The lowest BCUT2D eigenvalue weighted by molar-refractivity contribution is -0.384. The van der Waals surface area contributed by atoms with Crippen LogP contribution in [0.1, 0.15) is 10.4 Å². The Morgan fingerprint density at radius 1 is 1.20 bits per heavy atom. The summed E-state index contributed by atoms with van der Waals surface area (Å²) < 4.78 is 26.2. The molecule has 0 atom stereocenters. The Kier molecular flexibility index (Phi) is 5.63. The fourth-order valence-electron chi connectivity index (χ4n) is 1.93. The van der Waals surface area contributed by atoms with Gasteiger partial charge in [0.2, 0.25) is 10.0 Å². The topological polar surface area (TPSA) is 118 Å². The van der Waals surface area contributed by atoms with Crippen molar-refractivity contribution in [3.05, 3.63) is 76.9 Å². The maximum atomic E-state index is 12.1. The first kappa shape index (κ1) is 18.3. The number of amides is 1. The molecule has 2 aromatic carbocycles. The molecule has 0 heterocycles. The summed E-state index contributed by atoms with van der Waals surface area (Å²) in [6, 6.07) is 10.8. The predicted octanol–water partition coefficient (Wildman–Crippen LogP) is 2.31. The van der Waals surface area contributed by atoms with Crippen molar-refractivity contribution in [2.45, 2.75) is 4.90 Å². The zero-order valence-corrected chi connectivity index (χ0v) is 13.8. The SMILES string of the molecule is C=CCNS(=O)(=O)c1ccc(NC(=O)c2cccc([N+](=O)[O-])c2)cc1. The fraction of sp³-hybridized carbons (Fsp3) is 0.0625. The van der Waals surface area contributed by atoms with E-state index in [-0.39, 0.29) is 22.7 Å². The monoisotopic (exact) mass is 361 g/mol. The van der Waals surface area contributed by atoms with Crippen molar-refractivity contribution in [2.24, 2.45) is 0 Å². The van der Waals surface area contributed by atoms with Crippen molar-refractivity contribution < 1.29 is 18.1 Å². The lowest BCUT2D eigenvalue weighted by atomic mass is 10.2. The number of nitro groups is 1. The Morgan fingerprint density at radius 3 is 2.48 bits per heavy atom. The van der Waals surface area contributed by atoms with E-state index in [1.807, 2.05) is 0 Å². The minimum absolute atomic E-state index is 0.0442. The van der Waals surface area contributed by atoms with Crippen LogP contribution in [0.15, 0.2) is 66.1 Å². The van der Waals surface area contributed by atoms with Crippen LogP contribution in [0.4, 0.5) is 11.4 Å². The number of non-ortho nitro benzene ring substituents is 1. The van der Waals surface area contributed by atoms with E-state index in [1.165, 1.54) is 48.5 Å². The fourth-order valence-corrected chi connectivity index (χ4v) is 2.93. The number of nitrogens with zero attached hydrogens (tertiary/aromatic N) is 1. The van der Waals surface area contributed by atoms with Crippen molar-refractivity contribution in [1.29, 1.82) is 0 Å². The quantitative estimate of drug-likeness (QED) is 0.446. The smallest absolute Gasteiger partial charge is 0.270 e. The zero-order valence-electron chi connectivity index (χ0n) is 13.0. The van der Waals surface area contributed by atoms with Gasteiger partial charge in [-0.2, -0.15) is 0 Å². The van der Waals surface area contributed by atoms with Crippen LogP contribution in [0, 0.1) is 10.1 Å². The van der Waals surface area contributed by atoms with E-state index in [4.69, 9.17) is 0 Å². The maximum Gasteiger partial charge on any atom is 0.270 e. The third-order valence-electron chi connectivity index (χ3n) is 3.16. The minimum Gasteiger partial charge on any atom is -0.322 e. The Labute approximate surface area is 144 Å². The summed E-state index contributed by atoms with van der Waals surface area (Å²) in [5.41, 5.74) is 0.292. The Balaban J connectivity index is 2.13. The van der Waals surface area contributed by atoms with Gasteiger partial charge in [-0.1, -0.05) is 12.1 Å². The number of rotatable bonds is 7. The number of nitrogens with one attached hydrogen (secondary N) is 2. The van der Waals surface area contributed by atoms with Gasteiger partial charge in [-0.3, -0.25) is 14.9 Å². The molecule has 25 heavy (non-hydrogen) atoms. The van der Waals surface area contributed by atoms with Crippen LogP contribution < -0.4 is 10.0 Å². The van der Waals surface area contributed by atoms with Crippen molar-refractivity contribution in [3.8, 4) is 0 Å². The van der Waals surface area contributed by atoms with E-state index in [0.29, 0.717) is 5.69 Å². The van der Waals surface area contributed by atoms with E-state index < -0.39 is 20.9 Å². The number of carbonyl (C=O) groups is 1. The van der Waals surface area contributed by atoms with Gasteiger partial charge in [-0.15, -0.1) is 6.58 Å². The van der Waals surface area contributed by atoms with E-state index in [0.717, 1.165) is 6.07 Å². The first-order valence-corrected chi connectivity index (χ1v) is 8.58. The highest BCUT2D eigenvalue weighted by Gasteiger charge is 2.14. The maximum absolute atomic E-state index is 12.1. The van der Waals surface area contributed by atoms with Gasteiger partial charge < -0.3 is 5.32 Å². The van der Waals surface area contributed by atoms with Gasteiger partial charge in [0, 0.05) is 29.9 Å². The summed E-state index contributed by atoms with van der Waals surface area (Å²) in [6.07, 6.45) is 1.42. The molecule has 0 spiro atoms. The summed E-state index contributed by atoms with van der Waals surface area (Å²) in [7, 11) is -3.64. The molecule has 2 rings (SSSR count). The Morgan fingerprint density at radius 2 is 1.88 bits per heavy atom. The standard InChI is InChI=1S/C16H15N3O5S/c1-2-10-17-25(23,24)15-8-6-13(7-9-15)18-16(20)12-4-3-5-14(11-12)19(21)22/h2-9,11,17H,1,10H2,(H,18,20). The third-order valence-corrected chi connectivity index (χ3v) is 4.60. The van der Waals surface area contributed by atoms with Gasteiger partial charge >= 0.3 is 0 Å². The van der Waals surface area contributed by atoms with E-state index in [2.05, 4.69) is 16.6 Å². The number of benzene rings is 2. The second-order valence-electron chi connectivity index (χ2n) is 4.93. The molecule has 9 heteroatoms. The molecule has 0 aromatic heterocycles. The number of sulfonamides is 1. The van der Waals surface area contributed by atoms with Crippen molar-refractivity contribution in [1.82, 2.24) is 4.72 Å². The molecule has 0 aliphatic carbocycles. The van der Waals surface area contributed by atoms with Crippen molar-refractivity contribution >= 4 is 27.3 Å². The average Bonchev–Trinajstić information content (AvgIpc) is 2.60.